The number of nitrogens with one attached hydrogen (secondary N) is 1. The summed E-state index contributed by atoms with van der Waals surface area (Å²) >= 11 is 0. The van der Waals surface area contributed by atoms with Crippen LogP contribution in [0.4, 0.5) is 14.5 Å². The number of benzene rings is 2. The van der Waals surface area contributed by atoms with Gasteiger partial charge in [-0.3, -0.25) is 5.43 Å². The Hall–Kier alpha value is -2.96. The van der Waals surface area contributed by atoms with E-state index in [1.165, 1.54) is 12.3 Å². The number of halogens is 2. The Bertz CT molecular complexity index is 688. The molecular formula is C15H11F2N2O3-. The number of aliphatic carboxylic acids is 1. The van der Waals surface area contributed by atoms with Gasteiger partial charge in [-0.1, -0.05) is 0 Å². The largest absolute Gasteiger partial charge is 0.546 e. The summed E-state index contributed by atoms with van der Waals surface area (Å²) in [5.41, 5.74) is 3.18. The third kappa shape index (κ3) is 4.55. The molecule has 0 heterocycles. The monoisotopic (exact) mass is 305 g/mol. The van der Waals surface area contributed by atoms with Crippen molar-refractivity contribution in [2.75, 3.05) is 12.0 Å². The molecule has 0 aliphatic carbocycles. The molecule has 0 aliphatic rings. The standard InChI is InChI=1S/C15H12F2N2O3/c16-11-3-6-14(13(17)7-11)19-18-8-10-1-4-12(5-2-10)22-9-15(20)21/h1-8,19H,9H2,(H,20,21)/p-1/b18-8-. The number of hydrazone groups is 1. The van der Waals surface area contributed by atoms with Crippen molar-refractivity contribution in [3.8, 4) is 5.75 Å². The Morgan fingerprint density at radius 1 is 1.23 bits per heavy atom. The molecule has 2 aromatic carbocycles. The van der Waals surface area contributed by atoms with Crippen molar-refractivity contribution in [3.63, 3.8) is 0 Å². The maximum Gasteiger partial charge on any atom is 0.151 e. The molecule has 0 aliphatic heterocycles. The number of carboxylic acids is 1. The van der Waals surface area contributed by atoms with E-state index in [1.807, 2.05) is 0 Å². The fraction of sp³-hybridized carbons (Fsp3) is 0.0667. The first kappa shape index (κ1) is 15.4. The zero-order valence-electron chi connectivity index (χ0n) is 11.3. The summed E-state index contributed by atoms with van der Waals surface area (Å²) in [5.74, 6) is -2.35. The van der Waals surface area contributed by atoms with Crippen LogP contribution in [0.2, 0.25) is 0 Å². The summed E-state index contributed by atoms with van der Waals surface area (Å²) in [6.07, 6.45) is 1.42. The minimum atomic E-state index is -1.31. The molecule has 1 N–H and O–H groups in total. The van der Waals surface area contributed by atoms with Gasteiger partial charge >= 0.3 is 0 Å². The lowest BCUT2D eigenvalue weighted by Gasteiger charge is -2.06. The van der Waals surface area contributed by atoms with E-state index in [0.29, 0.717) is 11.3 Å². The third-order valence-electron chi connectivity index (χ3n) is 2.57. The number of nitrogens with zero attached hydrogens (tertiary/aromatic N) is 1. The number of carbonyl (C=O) groups excluding carboxylic acids is 1. The van der Waals surface area contributed by atoms with Gasteiger partial charge in [0.1, 0.15) is 18.2 Å². The highest BCUT2D eigenvalue weighted by atomic mass is 19.1. The second kappa shape index (κ2) is 7.16. The average molecular weight is 305 g/mol. The summed E-state index contributed by atoms with van der Waals surface area (Å²) in [6.45, 7) is -0.529. The van der Waals surface area contributed by atoms with Gasteiger partial charge in [-0.25, -0.2) is 8.78 Å². The smallest absolute Gasteiger partial charge is 0.151 e. The first-order chi connectivity index (χ1) is 10.5. The minimum absolute atomic E-state index is 0.0477. The van der Waals surface area contributed by atoms with Crippen molar-refractivity contribution < 1.29 is 23.4 Å². The molecule has 22 heavy (non-hydrogen) atoms. The Morgan fingerprint density at radius 3 is 2.59 bits per heavy atom. The van der Waals surface area contributed by atoms with Crippen molar-refractivity contribution in [2.24, 2.45) is 5.10 Å². The number of carboxylic acid groups (broad SMARTS) is 1. The summed E-state index contributed by atoms with van der Waals surface area (Å²) < 4.78 is 31.0. The predicted octanol–water partition coefficient (Wildman–Crippen LogP) is 1.54. The van der Waals surface area contributed by atoms with E-state index in [0.717, 1.165) is 12.1 Å². The quantitative estimate of drug-likeness (QED) is 0.649. The molecule has 2 rings (SSSR count). The van der Waals surface area contributed by atoms with E-state index < -0.39 is 24.2 Å². The number of hydrogen-bond acceptors (Lipinski definition) is 5. The second-order valence-electron chi connectivity index (χ2n) is 4.22. The lowest BCUT2D eigenvalue weighted by molar-refractivity contribution is -0.307. The molecule has 0 fully saturated rings. The number of anilines is 1. The topological polar surface area (TPSA) is 73.8 Å². The molecule has 7 heteroatoms. The molecule has 0 saturated carbocycles. The lowest BCUT2D eigenvalue weighted by atomic mass is 10.2. The Balaban J connectivity index is 1.94. The van der Waals surface area contributed by atoms with Crippen LogP contribution in [-0.2, 0) is 4.79 Å². The van der Waals surface area contributed by atoms with Crippen LogP contribution in [0.5, 0.6) is 5.75 Å². The molecule has 5 nitrogen and oxygen atoms in total. The van der Waals surface area contributed by atoms with Crippen molar-refractivity contribution in [2.45, 2.75) is 0 Å². The van der Waals surface area contributed by atoms with Crippen LogP contribution in [0.1, 0.15) is 5.56 Å². The van der Waals surface area contributed by atoms with E-state index in [1.54, 1.807) is 24.3 Å². The van der Waals surface area contributed by atoms with Crippen LogP contribution in [0.3, 0.4) is 0 Å². The Labute approximate surface area is 124 Å². The molecule has 0 spiro atoms. The maximum atomic E-state index is 13.3. The highest BCUT2D eigenvalue weighted by Gasteiger charge is 2.01. The Morgan fingerprint density at radius 2 is 1.95 bits per heavy atom. The van der Waals surface area contributed by atoms with Gasteiger partial charge in [0.05, 0.1) is 17.9 Å². The highest BCUT2D eigenvalue weighted by molar-refractivity contribution is 5.80. The second-order valence-corrected chi connectivity index (χ2v) is 4.22. The van der Waals surface area contributed by atoms with Crippen molar-refractivity contribution in [3.05, 3.63) is 59.7 Å². The van der Waals surface area contributed by atoms with Gasteiger partial charge in [-0.2, -0.15) is 5.10 Å². The first-order valence-corrected chi connectivity index (χ1v) is 6.21. The van der Waals surface area contributed by atoms with Gasteiger partial charge in [0.15, 0.2) is 5.82 Å². The highest BCUT2D eigenvalue weighted by Crippen LogP contribution is 2.15. The SMILES string of the molecule is O=C([O-])COc1ccc(/C=N\Nc2ccc(F)cc2F)cc1. The van der Waals surface area contributed by atoms with Gasteiger partial charge in [0.2, 0.25) is 0 Å². The zero-order valence-corrected chi connectivity index (χ0v) is 11.3. The van der Waals surface area contributed by atoms with Crippen molar-refractivity contribution >= 4 is 17.9 Å². The third-order valence-corrected chi connectivity index (χ3v) is 2.57. The fourth-order valence-corrected chi connectivity index (χ4v) is 1.55. The summed E-state index contributed by atoms with van der Waals surface area (Å²) in [6, 6.07) is 9.49. The van der Waals surface area contributed by atoms with Crippen LogP contribution < -0.4 is 15.3 Å². The molecule has 0 unspecified atom stereocenters. The maximum absolute atomic E-state index is 13.3. The van der Waals surface area contributed by atoms with Crippen LogP contribution in [0.25, 0.3) is 0 Å². The lowest BCUT2D eigenvalue weighted by Crippen LogP contribution is -2.28. The normalized spacial score (nSPS) is 10.6. The van der Waals surface area contributed by atoms with Gasteiger partial charge in [-0.05, 0) is 42.0 Å². The fourth-order valence-electron chi connectivity index (χ4n) is 1.55. The van der Waals surface area contributed by atoms with E-state index in [-0.39, 0.29) is 5.69 Å². The molecule has 0 aromatic heterocycles. The van der Waals surface area contributed by atoms with Crippen molar-refractivity contribution in [1.82, 2.24) is 0 Å². The van der Waals surface area contributed by atoms with Gasteiger partial charge in [0, 0.05) is 6.07 Å². The number of carbonyl (C=O) groups is 1. The summed E-state index contributed by atoms with van der Waals surface area (Å²) in [4.78, 5) is 10.2. The van der Waals surface area contributed by atoms with Crippen LogP contribution in [0.15, 0.2) is 47.6 Å². The first-order valence-electron chi connectivity index (χ1n) is 6.21. The van der Waals surface area contributed by atoms with Gasteiger partial charge < -0.3 is 14.6 Å². The van der Waals surface area contributed by atoms with Crippen molar-refractivity contribution in [1.29, 1.82) is 0 Å². The summed E-state index contributed by atoms with van der Waals surface area (Å²) in [5, 5.41) is 14.1. The van der Waals surface area contributed by atoms with Gasteiger partial charge in [0.25, 0.3) is 0 Å². The summed E-state index contributed by atoms with van der Waals surface area (Å²) in [7, 11) is 0. The zero-order chi connectivity index (χ0) is 15.9. The van der Waals surface area contributed by atoms with E-state index >= 15 is 0 Å². The number of hydrogen-bond donors (Lipinski definition) is 1. The molecule has 0 amide bonds. The molecule has 0 saturated heterocycles. The van der Waals surface area contributed by atoms with Crippen LogP contribution in [0, 0.1) is 11.6 Å². The molecule has 114 valence electrons. The number of ether oxygens (including phenoxy) is 1. The molecular weight excluding hydrogens is 294 g/mol. The molecule has 2 aromatic rings. The molecule has 0 radical (unpaired) electrons. The number of rotatable bonds is 6. The Kier molecular flexibility index (Phi) is 5.02. The van der Waals surface area contributed by atoms with Gasteiger partial charge in [-0.15, -0.1) is 0 Å². The average Bonchev–Trinajstić information content (AvgIpc) is 2.48. The van der Waals surface area contributed by atoms with Crippen LogP contribution in [-0.4, -0.2) is 18.8 Å². The minimum Gasteiger partial charge on any atom is -0.546 e. The predicted molar refractivity (Wildman–Crippen MR) is 74.5 cm³/mol. The molecule has 0 atom stereocenters. The molecule has 0 bridgehead atoms. The van der Waals surface area contributed by atoms with E-state index in [4.69, 9.17) is 4.74 Å². The van der Waals surface area contributed by atoms with E-state index in [2.05, 4.69) is 10.5 Å². The van der Waals surface area contributed by atoms with E-state index in [9.17, 15) is 18.7 Å². The van der Waals surface area contributed by atoms with Crippen LogP contribution >= 0.6 is 0 Å².